The van der Waals surface area contributed by atoms with Crippen molar-refractivity contribution >= 4 is 37.5 Å². The highest BCUT2D eigenvalue weighted by molar-refractivity contribution is 7.89. The van der Waals surface area contributed by atoms with Crippen molar-refractivity contribution < 1.29 is 17.9 Å². The molecular formula is C21H23N3O4S2. The van der Waals surface area contributed by atoms with Gasteiger partial charge in [0.05, 0.1) is 28.1 Å². The fourth-order valence-electron chi connectivity index (χ4n) is 3.64. The van der Waals surface area contributed by atoms with Gasteiger partial charge in [-0.3, -0.25) is 4.79 Å². The number of aromatic nitrogens is 1. The smallest absolute Gasteiger partial charge is 0.252 e. The molecule has 158 valence electrons. The third-order valence-corrected chi connectivity index (χ3v) is 8.31. The maximum absolute atomic E-state index is 12.9. The molecule has 4 rings (SSSR count). The molecule has 1 atom stereocenters. The van der Waals surface area contributed by atoms with Crippen LogP contribution in [-0.4, -0.2) is 43.4 Å². The Kier molecular flexibility index (Phi) is 5.77. The number of amides is 1. The fourth-order valence-corrected chi connectivity index (χ4v) is 6.23. The highest BCUT2D eigenvalue weighted by atomic mass is 32.2. The number of benzene rings is 2. The second-order valence-corrected chi connectivity index (χ2v) is 10.2. The normalized spacial score (nSPS) is 18.6. The number of hydrogen-bond acceptors (Lipinski definition) is 5. The number of nitrogens with zero attached hydrogens (tertiary/aromatic N) is 3. The Morgan fingerprint density at radius 3 is 2.70 bits per heavy atom. The van der Waals surface area contributed by atoms with Crippen LogP contribution in [0.1, 0.15) is 12.8 Å². The SMILES string of the molecule is COc1ccc2c(c1)sc(=NC(=O)C1CCCN(S(=O)(=O)c3ccccc3)C1)n2C. The van der Waals surface area contributed by atoms with Crippen molar-refractivity contribution in [3.8, 4) is 5.75 Å². The number of thiazole rings is 1. The topological polar surface area (TPSA) is 81.0 Å². The molecular weight excluding hydrogens is 422 g/mol. The van der Waals surface area contributed by atoms with Crippen LogP contribution in [0.3, 0.4) is 0 Å². The molecule has 1 aliphatic heterocycles. The molecule has 0 bridgehead atoms. The van der Waals surface area contributed by atoms with E-state index in [1.807, 2.05) is 29.8 Å². The molecule has 0 radical (unpaired) electrons. The van der Waals surface area contributed by atoms with Gasteiger partial charge in [-0.15, -0.1) is 0 Å². The first-order chi connectivity index (χ1) is 14.4. The summed E-state index contributed by atoms with van der Waals surface area (Å²) >= 11 is 1.41. The minimum absolute atomic E-state index is 0.155. The summed E-state index contributed by atoms with van der Waals surface area (Å²) in [6.07, 6.45) is 1.26. The number of carbonyl (C=O) groups excluding carboxylic acids is 1. The fraction of sp³-hybridized carbons (Fsp3) is 0.333. The van der Waals surface area contributed by atoms with Gasteiger partial charge in [0.2, 0.25) is 10.0 Å². The third kappa shape index (κ3) is 3.92. The van der Waals surface area contributed by atoms with E-state index in [0.29, 0.717) is 24.2 Å². The zero-order chi connectivity index (χ0) is 21.3. The van der Waals surface area contributed by atoms with E-state index in [2.05, 4.69) is 4.99 Å². The molecule has 1 saturated heterocycles. The van der Waals surface area contributed by atoms with Gasteiger partial charge in [-0.25, -0.2) is 8.42 Å². The van der Waals surface area contributed by atoms with Crippen molar-refractivity contribution in [1.29, 1.82) is 0 Å². The second-order valence-electron chi connectivity index (χ2n) is 7.24. The van der Waals surface area contributed by atoms with E-state index in [1.54, 1.807) is 37.4 Å². The van der Waals surface area contributed by atoms with Crippen LogP contribution in [0.25, 0.3) is 10.2 Å². The predicted molar refractivity (Wildman–Crippen MR) is 116 cm³/mol. The first kappa shape index (κ1) is 20.8. The minimum Gasteiger partial charge on any atom is -0.497 e. The Bertz CT molecular complexity index is 1250. The lowest BCUT2D eigenvalue weighted by atomic mass is 9.99. The number of aryl methyl sites for hydroxylation is 1. The quantitative estimate of drug-likeness (QED) is 0.618. The van der Waals surface area contributed by atoms with E-state index in [-0.39, 0.29) is 17.3 Å². The summed E-state index contributed by atoms with van der Waals surface area (Å²) in [4.78, 5) is 18.1. The molecule has 0 N–H and O–H groups in total. The second kappa shape index (κ2) is 8.33. The van der Waals surface area contributed by atoms with Crippen molar-refractivity contribution in [2.24, 2.45) is 18.0 Å². The molecule has 30 heavy (non-hydrogen) atoms. The van der Waals surface area contributed by atoms with Gasteiger partial charge in [0.25, 0.3) is 5.91 Å². The molecule has 2 heterocycles. The molecule has 3 aromatic rings. The van der Waals surface area contributed by atoms with E-state index in [9.17, 15) is 13.2 Å². The maximum Gasteiger partial charge on any atom is 0.252 e. The van der Waals surface area contributed by atoms with Crippen molar-refractivity contribution in [3.63, 3.8) is 0 Å². The summed E-state index contributed by atoms with van der Waals surface area (Å²) < 4.78 is 35.3. The summed E-state index contributed by atoms with van der Waals surface area (Å²) in [6.45, 7) is 0.569. The molecule has 0 spiro atoms. The highest BCUT2D eigenvalue weighted by Gasteiger charge is 2.33. The molecule has 2 aromatic carbocycles. The predicted octanol–water partition coefficient (Wildman–Crippen LogP) is 2.78. The molecule has 7 nitrogen and oxygen atoms in total. The monoisotopic (exact) mass is 445 g/mol. The van der Waals surface area contributed by atoms with E-state index >= 15 is 0 Å². The summed E-state index contributed by atoms with van der Waals surface area (Å²) in [5.74, 6) is 0.0188. The minimum atomic E-state index is -3.61. The number of methoxy groups -OCH3 is 1. The van der Waals surface area contributed by atoms with Crippen molar-refractivity contribution in [1.82, 2.24) is 8.87 Å². The molecule has 1 aromatic heterocycles. The molecule has 0 saturated carbocycles. The van der Waals surface area contributed by atoms with Gasteiger partial charge in [-0.2, -0.15) is 9.30 Å². The first-order valence-corrected chi connectivity index (χ1v) is 11.9. The van der Waals surface area contributed by atoms with E-state index in [4.69, 9.17) is 4.74 Å². The number of piperidine rings is 1. The Morgan fingerprint density at radius 1 is 1.20 bits per heavy atom. The van der Waals surface area contributed by atoms with Gasteiger partial charge >= 0.3 is 0 Å². The van der Waals surface area contributed by atoms with Crippen LogP contribution in [-0.2, 0) is 21.9 Å². The van der Waals surface area contributed by atoms with Gasteiger partial charge in [0.1, 0.15) is 5.75 Å². The number of sulfonamides is 1. The summed E-state index contributed by atoms with van der Waals surface area (Å²) in [7, 11) is -0.136. The number of rotatable bonds is 4. The lowest BCUT2D eigenvalue weighted by Crippen LogP contribution is -2.42. The average molecular weight is 446 g/mol. The number of fused-ring (bicyclic) bond motifs is 1. The van der Waals surface area contributed by atoms with E-state index in [1.165, 1.54) is 15.6 Å². The number of carbonyl (C=O) groups is 1. The number of hydrogen-bond donors (Lipinski definition) is 0. The first-order valence-electron chi connectivity index (χ1n) is 9.67. The van der Waals surface area contributed by atoms with E-state index < -0.39 is 15.9 Å². The molecule has 9 heteroatoms. The van der Waals surface area contributed by atoms with Crippen molar-refractivity contribution in [2.75, 3.05) is 20.2 Å². The summed E-state index contributed by atoms with van der Waals surface area (Å²) in [5, 5.41) is 0. The molecule has 0 aliphatic carbocycles. The van der Waals surface area contributed by atoms with Gasteiger partial charge in [0, 0.05) is 20.1 Å². The van der Waals surface area contributed by atoms with Crippen molar-refractivity contribution in [3.05, 3.63) is 53.3 Å². The van der Waals surface area contributed by atoms with Crippen molar-refractivity contribution in [2.45, 2.75) is 17.7 Å². The molecule has 1 amide bonds. The Hall–Kier alpha value is -2.49. The van der Waals surface area contributed by atoms with Crippen LogP contribution in [0.4, 0.5) is 0 Å². The average Bonchev–Trinajstić information content (AvgIpc) is 3.08. The van der Waals surface area contributed by atoms with Crippen LogP contribution in [0.15, 0.2) is 58.4 Å². The Balaban J connectivity index is 1.59. The lowest BCUT2D eigenvalue weighted by Gasteiger charge is -2.30. The van der Waals surface area contributed by atoms with Gasteiger partial charge in [-0.05, 0) is 43.2 Å². The Morgan fingerprint density at radius 2 is 1.97 bits per heavy atom. The zero-order valence-electron chi connectivity index (χ0n) is 16.8. The van der Waals surface area contributed by atoms with Gasteiger partial charge < -0.3 is 9.30 Å². The summed E-state index contributed by atoms with van der Waals surface area (Å²) in [5.41, 5.74) is 0.962. The Labute approximate surface area is 179 Å². The van der Waals surface area contributed by atoms with Crippen LogP contribution in [0, 0.1) is 5.92 Å². The standard InChI is InChI=1S/C21H23N3O4S2/c1-23-18-11-10-16(28-2)13-19(18)29-21(23)22-20(25)15-7-6-12-24(14-15)30(26,27)17-8-4-3-5-9-17/h3-5,8-11,13,15H,6-7,12,14H2,1-2H3. The van der Waals surface area contributed by atoms with E-state index in [0.717, 1.165) is 16.0 Å². The van der Waals surface area contributed by atoms with Gasteiger partial charge in [-0.1, -0.05) is 29.5 Å². The van der Waals surface area contributed by atoms with Crippen LogP contribution >= 0.6 is 11.3 Å². The van der Waals surface area contributed by atoms with Crippen LogP contribution in [0.5, 0.6) is 5.75 Å². The van der Waals surface area contributed by atoms with Crippen LogP contribution < -0.4 is 9.54 Å². The van der Waals surface area contributed by atoms with Gasteiger partial charge in [0.15, 0.2) is 4.80 Å². The number of ether oxygens (including phenoxy) is 1. The highest BCUT2D eigenvalue weighted by Crippen LogP contribution is 2.25. The third-order valence-electron chi connectivity index (χ3n) is 5.34. The largest absolute Gasteiger partial charge is 0.497 e. The molecule has 1 unspecified atom stereocenters. The molecule has 1 aliphatic rings. The maximum atomic E-state index is 12.9. The van der Waals surface area contributed by atoms with Crippen LogP contribution in [0.2, 0.25) is 0 Å². The molecule has 1 fully saturated rings. The summed E-state index contributed by atoms with van der Waals surface area (Å²) in [6, 6.07) is 14.1. The lowest BCUT2D eigenvalue weighted by molar-refractivity contribution is -0.122. The zero-order valence-corrected chi connectivity index (χ0v) is 18.4.